The lowest BCUT2D eigenvalue weighted by Gasteiger charge is -2.09. The molecule has 0 atom stereocenters. The summed E-state index contributed by atoms with van der Waals surface area (Å²) in [6.07, 6.45) is 1.73. The summed E-state index contributed by atoms with van der Waals surface area (Å²) < 4.78 is 6.62. The van der Waals surface area contributed by atoms with Crippen molar-refractivity contribution in [2.24, 2.45) is 0 Å². The van der Waals surface area contributed by atoms with E-state index in [2.05, 4.69) is 15.7 Å². The van der Waals surface area contributed by atoms with E-state index in [4.69, 9.17) is 28.6 Å². The summed E-state index contributed by atoms with van der Waals surface area (Å²) in [6.45, 7) is 4.41. The SMILES string of the molecule is COC(=O)c1c(NC(=S)Nc2nn(Cc3ccccc3)cc2Cl)sc(C)c1C. The molecule has 0 radical (unpaired) electrons. The molecule has 0 amide bonds. The number of rotatable bonds is 5. The van der Waals surface area contributed by atoms with Crippen LogP contribution in [0.1, 0.15) is 26.4 Å². The molecule has 6 nitrogen and oxygen atoms in total. The highest BCUT2D eigenvalue weighted by Gasteiger charge is 2.21. The van der Waals surface area contributed by atoms with Crippen molar-refractivity contribution >= 4 is 57.1 Å². The number of carbonyl (C=O) groups is 1. The molecule has 28 heavy (non-hydrogen) atoms. The van der Waals surface area contributed by atoms with Gasteiger partial charge >= 0.3 is 5.97 Å². The lowest BCUT2D eigenvalue weighted by molar-refractivity contribution is 0.0601. The van der Waals surface area contributed by atoms with E-state index in [1.165, 1.54) is 18.4 Å². The van der Waals surface area contributed by atoms with Crippen LogP contribution in [0, 0.1) is 13.8 Å². The van der Waals surface area contributed by atoms with Gasteiger partial charge in [-0.2, -0.15) is 5.10 Å². The Hall–Kier alpha value is -2.42. The van der Waals surface area contributed by atoms with Crippen molar-refractivity contribution in [3.63, 3.8) is 0 Å². The van der Waals surface area contributed by atoms with Gasteiger partial charge in [0.25, 0.3) is 0 Å². The van der Waals surface area contributed by atoms with Gasteiger partial charge in [0.05, 0.1) is 19.2 Å². The van der Waals surface area contributed by atoms with E-state index >= 15 is 0 Å². The number of aromatic nitrogens is 2. The number of esters is 1. The van der Waals surface area contributed by atoms with Crippen LogP contribution >= 0.6 is 35.2 Å². The first kappa shape index (κ1) is 20.3. The second-order valence-electron chi connectivity index (χ2n) is 6.07. The minimum Gasteiger partial charge on any atom is -0.465 e. The number of anilines is 2. The molecule has 3 rings (SSSR count). The van der Waals surface area contributed by atoms with Crippen LogP contribution in [0.15, 0.2) is 36.5 Å². The van der Waals surface area contributed by atoms with E-state index in [1.807, 2.05) is 44.2 Å². The Morgan fingerprint density at radius 3 is 2.68 bits per heavy atom. The maximum Gasteiger partial charge on any atom is 0.341 e. The fraction of sp³-hybridized carbons (Fsp3) is 0.211. The van der Waals surface area contributed by atoms with Crippen LogP contribution in [-0.4, -0.2) is 28.0 Å². The van der Waals surface area contributed by atoms with Crippen molar-refractivity contribution in [2.45, 2.75) is 20.4 Å². The third kappa shape index (κ3) is 4.52. The maximum absolute atomic E-state index is 12.1. The van der Waals surface area contributed by atoms with Gasteiger partial charge in [-0.1, -0.05) is 41.9 Å². The monoisotopic (exact) mass is 434 g/mol. The number of nitrogens with zero attached hydrogens (tertiary/aromatic N) is 2. The Morgan fingerprint density at radius 2 is 2.00 bits per heavy atom. The number of hydrogen-bond acceptors (Lipinski definition) is 5. The summed E-state index contributed by atoms with van der Waals surface area (Å²) in [7, 11) is 1.36. The molecule has 9 heteroatoms. The number of halogens is 1. The summed E-state index contributed by atoms with van der Waals surface area (Å²) in [5.41, 5.74) is 2.46. The van der Waals surface area contributed by atoms with Gasteiger partial charge in [0.1, 0.15) is 10.0 Å². The summed E-state index contributed by atoms with van der Waals surface area (Å²) in [4.78, 5) is 13.1. The van der Waals surface area contributed by atoms with Gasteiger partial charge in [0, 0.05) is 11.1 Å². The summed E-state index contributed by atoms with van der Waals surface area (Å²) in [6, 6.07) is 9.95. The van der Waals surface area contributed by atoms with E-state index in [0.29, 0.717) is 33.1 Å². The first-order valence-corrected chi connectivity index (χ1v) is 10.0. The van der Waals surface area contributed by atoms with E-state index in [9.17, 15) is 4.79 Å². The zero-order valence-electron chi connectivity index (χ0n) is 15.6. The molecular formula is C19H19ClN4O2S2. The van der Waals surface area contributed by atoms with Crippen molar-refractivity contribution in [3.05, 3.63) is 63.1 Å². The molecule has 2 aromatic heterocycles. The van der Waals surface area contributed by atoms with E-state index < -0.39 is 5.97 Å². The smallest absolute Gasteiger partial charge is 0.341 e. The predicted molar refractivity (Wildman–Crippen MR) is 118 cm³/mol. The van der Waals surface area contributed by atoms with Crippen LogP contribution in [-0.2, 0) is 11.3 Å². The number of aryl methyl sites for hydroxylation is 1. The van der Waals surface area contributed by atoms with Gasteiger partial charge in [-0.3, -0.25) is 4.68 Å². The summed E-state index contributed by atoms with van der Waals surface area (Å²) >= 11 is 13.1. The number of methoxy groups -OCH3 is 1. The second kappa shape index (κ2) is 8.72. The van der Waals surface area contributed by atoms with Gasteiger partial charge < -0.3 is 15.4 Å². The predicted octanol–water partition coefficient (Wildman–Crippen LogP) is 4.86. The minimum absolute atomic E-state index is 0.290. The number of thiophene rings is 1. The number of ether oxygens (including phenoxy) is 1. The van der Waals surface area contributed by atoms with Crippen LogP contribution in [0.5, 0.6) is 0 Å². The first-order chi connectivity index (χ1) is 13.4. The van der Waals surface area contributed by atoms with Crippen molar-refractivity contribution in [3.8, 4) is 0 Å². The summed E-state index contributed by atoms with van der Waals surface area (Å²) in [5, 5.41) is 11.8. The van der Waals surface area contributed by atoms with Crippen LogP contribution in [0.25, 0.3) is 0 Å². The number of hydrogen-bond donors (Lipinski definition) is 2. The normalized spacial score (nSPS) is 10.6. The quantitative estimate of drug-likeness (QED) is 0.441. The number of nitrogens with one attached hydrogen (secondary N) is 2. The van der Waals surface area contributed by atoms with E-state index in [1.54, 1.807) is 10.9 Å². The highest BCUT2D eigenvalue weighted by molar-refractivity contribution is 7.80. The summed E-state index contributed by atoms with van der Waals surface area (Å²) in [5.74, 6) is 0.0389. The topological polar surface area (TPSA) is 68.2 Å². The third-order valence-corrected chi connectivity index (χ3v) is 5.74. The maximum atomic E-state index is 12.1. The Kier molecular flexibility index (Phi) is 6.33. The minimum atomic E-state index is -0.405. The molecule has 146 valence electrons. The molecule has 0 aliphatic rings. The van der Waals surface area contributed by atoms with E-state index in [-0.39, 0.29) is 0 Å². The highest BCUT2D eigenvalue weighted by atomic mass is 35.5. The molecular weight excluding hydrogens is 416 g/mol. The molecule has 0 spiro atoms. The molecule has 0 aliphatic heterocycles. The molecule has 1 aromatic carbocycles. The lowest BCUT2D eigenvalue weighted by Crippen LogP contribution is -2.20. The fourth-order valence-electron chi connectivity index (χ4n) is 2.64. The lowest BCUT2D eigenvalue weighted by atomic mass is 10.1. The van der Waals surface area contributed by atoms with Gasteiger partial charge in [0.2, 0.25) is 0 Å². The second-order valence-corrected chi connectivity index (χ2v) is 8.11. The van der Waals surface area contributed by atoms with Crippen molar-refractivity contribution in [1.82, 2.24) is 9.78 Å². The van der Waals surface area contributed by atoms with Crippen LogP contribution in [0.4, 0.5) is 10.8 Å². The van der Waals surface area contributed by atoms with Crippen molar-refractivity contribution in [1.29, 1.82) is 0 Å². The van der Waals surface area contributed by atoms with Crippen LogP contribution < -0.4 is 10.6 Å². The van der Waals surface area contributed by atoms with Crippen LogP contribution in [0.3, 0.4) is 0 Å². The average Bonchev–Trinajstić information content (AvgIpc) is 3.14. The molecule has 3 aromatic rings. The van der Waals surface area contributed by atoms with Crippen molar-refractivity contribution < 1.29 is 9.53 Å². The number of thiocarbonyl (C=S) groups is 1. The Morgan fingerprint density at radius 1 is 1.29 bits per heavy atom. The zero-order valence-corrected chi connectivity index (χ0v) is 18.0. The van der Waals surface area contributed by atoms with Crippen LogP contribution in [0.2, 0.25) is 5.02 Å². The first-order valence-electron chi connectivity index (χ1n) is 8.42. The number of benzene rings is 1. The largest absolute Gasteiger partial charge is 0.465 e. The standard InChI is InChI=1S/C19H19ClN4O2S2/c1-11-12(2)28-17(15(11)18(25)26-3)22-19(27)21-16-14(20)10-24(23-16)9-13-7-5-4-6-8-13/h4-8,10H,9H2,1-3H3,(H2,21,22,23,27). The highest BCUT2D eigenvalue weighted by Crippen LogP contribution is 2.33. The molecule has 0 unspecified atom stereocenters. The fourth-order valence-corrected chi connectivity index (χ4v) is 4.15. The van der Waals surface area contributed by atoms with Gasteiger partial charge in [-0.25, -0.2) is 4.79 Å². The molecule has 0 saturated carbocycles. The third-order valence-electron chi connectivity index (χ3n) is 4.14. The number of carbonyl (C=O) groups excluding carboxylic acids is 1. The molecule has 0 saturated heterocycles. The molecule has 0 fully saturated rings. The van der Waals surface area contributed by atoms with E-state index in [0.717, 1.165) is 16.0 Å². The molecule has 2 heterocycles. The van der Waals surface area contributed by atoms with Crippen molar-refractivity contribution in [2.75, 3.05) is 17.7 Å². The van der Waals surface area contributed by atoms with Gasteiger partial charge in [-0.05, 0) is 37.2 Å². The van der Waals surface area contributed by atoms with Gasteiger partial charge in [0.15, 0.2) is 10.9 Å². The van der Waals surface area contributed by atoms with Gasteiger partial charge in [-0.15, -0.1) is 11.3 Å². The zero-order chi connectivity index (χ0) is 20.3. The molecule has 2 N–H and O–H groups in total. The molecule has 0 aliphatic carbocycles. The molecule has 0 bridgehead atoms. The average molecular weight is 435 g/mol. The Bertz CT molecular complexity index is 1010. The Labute approximate surface area is 177 Å². The Balaban J connectivity index is 1.72.